The summed E-state index contributed by atoms with van der Waals surface area (Å²) in [6.07, 6.45) is 2.50. The van der Waals surface area contributed by atoms with Gasteiger partial charge in [-0.2, -0.15) is 5.10 Å². The zero-order valence-electron chi connectivity index (χ0n) is 11.5. The van der Waals surface area contributed by atoms with Crippen molar-refractivity contribution in [2.45, 2.75) is 46.7 Å². The molecule has 104 valence electrons. The van der Waals surface area contributed by atoms with E-state index in [0.717, 1.165) is 37.2 Å². The fraction of sp³-hybridized carbons (Fsp3) is 0.769. The van der Waals surface area contributed by atoms with Gasteiger partial charge in [-0.3, -0.25) is 9.58 Å². The molecule has 0 spiro atoms. The second-order valence-corrected chi connectivity index (χ2v) is 6.07. The third-order valence-corrected chi connectivity index (χ3v) is 4.44. The first kappa shape index (κ1) is 16.2. The summed E-state index contributed by atoms with van der Waals surface area (Å²) >= 11 is 7.21. The van der Waals surface area contributed by atoms with Crippen molar-refractivity contribution >= 4 is 31.9 Å². The van der Waals surface area contributed by atoms with Crippen LogP contribution in [-0.4, -0.2) is 33.1 Å². The highest BCUT2D eigenvalue weighted by Crippen LogP contribution is 2.22. The monoisotopic (exact) mass is 379 g/mol. The maximum atomic E-state index is 4.55. The number of rotatable bonds is 8. The van der Waals surface area contributed by atoms with E-state index >= 15 is 0 Å². The summed E-state index contributed by atoms with van der Waals surface area (Å²) in [6.45, 7) is 10.6. The fourth-order valence-corrected chi connectivity index (χ4v) is 2.91. The van der Waals surface area contributed by atoms with Gasteiger partial charge in [0, 0.05) is 25.0 Å². The van der Waals surface area contributed by atoms with Crippen molar-refractivity contribution in [3.63, 3.8) is 0 Å². The summed E-state index contributed by atoms with van der Waals surface area (Å²) in [5.74, 6) is 0. The molecule has 0 saturated carbocycles. The van der Waals surface area contributed by atoms with E-state index < -0.39 is 0 Å². The number of hydrogen-bond donors (Lipinski definition) is 0. The molecule has 0 radical (unpaired) electrons. The van der Waals surface area contributed by atoms with Crippen molar-refractivity contribution in [3.8, 4) is 0 Å². The average molecular weight is 381 g/mol. The Morgan fingerprint density at radius 3 is 2.56 bits per heavy atom. The summed E-state index contributed by atoms with van der Waals surface area (Å²) in [7, 11) is 0. The number of aromatic nitrogens is 2. The first-order valence-electron chi connectivity index (χ1n) is 6.64. The van der Waals surface area contributed by atoms with Gasteiger partial charge in [0.15, 0.2) is 0 Å². The van der Waals surface area contributed by atoms with Gasteiger partial charge < -0.3 is 0 Å². The molecule has 0 aliphatic heterocycles. The second kappa shape index (κ2) is 8.33. The van der Waals surface area contributed by atoms with E-state index in [1.165, 1.54) is 23.0 Å². The normalized spacial score (nSPS) is 11.4. The molecule has 0 aliphatic rings. The molecule has 0 bridgehead atoms. The molecule has 5 heteroatoms. The van der Waals surface area contributed by atoms with Crippen LogP contribution in [0.15, 0.2) is 4.47 Å². The quantitative estimate of drug-likeness (QED) is 0.636. The predicted octanol–water partition coefficient (Wildman–Crippen LogP) is 3.97. The minimum atomic E-state index is 0.928. The van der Waals surface area contributed by atoms with E-state index in [1.54, 1.807) is 0 Å². The van der Waals surface area contributed by atoms with Gasteiger partial charge in [-0.05, 0) is 42.7 Å². The molecular weight excluding hydrogens is 358 g/mol. The number of hydrogen-bond acceptors (Lipinski definition) is 2. The predicted molar refractivity (Wildman–Crippen MR) is 84.3 cm³/mol. The Hall–Kier alpha value is 0.130. The summed E-state index contributed by atoms with van der Waals surface area (Å²) in [6, 6.07) is 0. The smallest absolute Gasteiger partial charge is 0.0739 e. The van der Waals surface area contributed by atoms with Crippen LogP contribution >= 0.6 is 31.9 Å². The van der Waals surface area contributed by atoms with Gasteiger partial charge in [0.2, 0.25) is 0 Å². The van der Waals surface area contributed by atoms with Gasteiger partial charge >= 0.3 is 0 Å². The van der Waals surface area contributed by atoms with Crippen LogP contribution in [0.25, 0.3) is 0 Å². The molecule has 18 heavy (non-hydrogen) atoms. The first-order chi connectivity index (χ1) is 8.63. The lowest BCUT2D eigenvalue weighted by Crippen LogP contribution is -2.27. The molecule has 1 rings (SSSR count). The second-order valence-electron chi connectivity index (χ2n) is 4.48. The summed E-state index contributed by atoms with van der Waals surface area (Å²) in [5, 5.41) is 5.57. The van der Waals surface area contributed by atoms with Gasteiger partial charge in [-0.1, -0.05) is 29.3 Å². The highest BCUT2D eigenvalue weighted by molar-refractivity contribution is 9.10. The lowest BCUT2D eigenvalue weighted by atomic mass is 10.3. The van der Waals surface area contributed by atoms with E-state index in [1.807, 2.05) is 0 Å². The Labute approximate surface area is 127 Å². The molecule has 1 heterocycles. The Balaban J connectivity index is 2.78. The molecule has 0 aliphatic carbocycles. The van der Waals surface area contributed by atoms with Crippen LogP contribution < -0.4 is 0 Å². The van der Waals surface area contributed by atoms with Gasteiger partial charge in [0.1, 0.15) is 0 Å². The van der Waals surface area contributed by atoms with Crippen molar-refractivity contribution < 1.29 is 0 Å². The van der Waals surface area contributed by atoms with Crippen LogP contribution in [0.1, 0.15) is 38.1 Å². The summed E-state index contributed by atoms with van der Waals surface area (Å²) in [4.78, 5) is 2.49. The molecular formula is C13H23Br2N3. The molecule has 3 nitrogen and oxygen atoms in total. The van der Waals surface area contributed by atoms with E-state index in [2.05, 4.69) is 67.3 Å². The Morgan fingerprint density at radius 1 is 1.28 bits per heavy atom. The lowest BCUT2D eigenvalue weighted by Gasteiger charge is -2.21. The lowest BCUT2D eigenvalue weighted by molar-refractivity contribution is 0.269. The third kappa shape index (κ3) is 4.35. The molecule has 1 aromatic heterocycles. The van der Waals surface area contributed by atoms with Crippen LogP contribution in [0.5, 0.6) is 0 Å². The molecule has 0 aromatic carbocycles. The van der Waals surface area contributed by atoms with Crippen molar-refractivity contribution in [1.82, 2.24) is 14.7 Å². The summed E-state index contributed by atoms with van der Waals surface area (Å²) in [5.41, 5.74) is 2.38. The SMILES string of the molecule is CCCCN(CCBr)Cc1c(Br)c(C)nn1CC. The van der Waals surface area contributed by atoms with Gasteiger partial charge in [0.25, 0.3) is 0 Å². The fourth-order valence-electron chi connectivity index (χ4n) is 2.00. The minimum absolute atomic E-state index is 0.928. The maximum absolute atomic E-state index is 4.55. The molecule has 0 N–H and O–H groups in total. The van der Waals surface area contributed by atoms with Crippen LogP contribution in [-0.2, 0) is 13.1 Å². The van der Waals surface area contributed by atoms with Gasteiger partial charge in [-0.15, -0.1) is 0 Å². The number of unbranched alkanes of at least 4 members (excludes halogenated alkanes) is 1. The van der Waals surface area contributed by atoms with Crippen molar-refractivity contribution in [1.29, 1.82) is 0 Å². The topological polar surface area (TPSA) is 21.1 Å². The Bertz CT molecular complexity index is 363. The van der Waals surface area contributed by atoms with E-state index in [-0.39, 0.29) is 0 Å². The highest BCUT2D eigenvalue weighted by Gasteiger charge is 2.15. The minimum Gasteiger partial charge on any atom is -0.297 e. The largest absolute Gasteiger partial charge is 0.297 e. The molecule has 0 atom stereocenters. The maximum Gasteiger partial charge on any atom is 0.0739 e. The number of alkyl halides is 1. The molecule has 0 fully saturated rings. The number of nitrogens with zero attached hydrogens (tertiary/aromatic N) is 3. The standard InChI is InChI=1S/C13H23Br2N3/c1-4-6-8-17(9-7-14)10-12-13(15)11(3)16-18(12)5-2/h4-10H2,1-3H3. The van der Waals surface area contributed by atoms with Crippen molar-refractivity contribution in [3.05, 3.63) is 15.9 Å². The zero-order chi connectivity index (χ0) is 13.5. The first-order valence-corrected chi connectivity index (χ1v) is 8.55. The molecule has 0 amide bonds. The van der Waals surface area contributed by atoms with Crippen molar-refractivity contribution in [2.24, 2.45) is 0 Å². The van der Waals surface area contributed by atoms with Crippen LogP contribution in [0.3, 0.4) is 0 Å². The number of halogens is 2. The average Bonchev–Trinajstić information content (AvgIpc) is 2.63. The molecule has 0 unspecified atom stereocenters. The van der Waals surface area contributed by atoms with Gasteiger partial charge in [0.05, 0.1) is 15.9 Å². The van der Waals surface area contributed by atoms with Crippen LogP contribution in [0, 0.1) is 6.92 Å². The van der Waals surface area contributed by atoms with Crippen LogP contribution in [0.2, 0.25) is 0 Å². The van der Waals surface area contributed by atoms with E-state index in [4.69, 9.17) is 0 Å². The molecule has 0 saturated heterocycles. The highest BCUT2D eigenvalue weighted by atomic mass is 79.9. The third-order valence-electron chi connectivity index (χ3n) is 3.05. The van der Waals surface area contributed by atoms with E-state index in [0.29, 0.717) is 0 Å². The summed E-state index contributed by atoms with van der Waals surface area (Å²) < 4.78 is 3.27. The Morgan fingerprint density at radius 2 is 2.00 bits per heavy atom. The van der Waals surface area contributed by atoms with E-state index in [9.17, 15) is 0 Å². The molecule has 1 aromatic rings. The Kier molecular flexibility index (Phi) is 7.49. The van der Waals surface area contributed by atoms with Crippen molar-refractivity contribution in [2.75, 3.05) is 18.4 Å². The van der Waals surface area contributed by atoms with Gasteiger partial charge in [-0.25, -0.2) is 0 Å². The number of aryl methyl sites for hydroxylation is 2. The zero-order valence-corrected chi connectivity index (χ0v) is 14.7. The van der Waals surface area contributed by atoms with Crippen LogP contribution in [0.4, 0.5) is 0 Å².